The third-order valence-corrected chi connectivity index (χ3v) is 5.36. The zero-order valence-electron chi connectivity index (χ0n) is 17.2. The van der Waals surface area contributed by atoms with E-state index in [1.165, 1.54) is 28.5 Å². The van der Waals surface area contributed by atoms with Gasteiger partial charge in [0, 0.05) is 24.2 Å². The van der Waals surface area contributed by atoms with E-state index in [2.05, 4.69) is 66.0 Å². The lowest BCUT2D eigenvalue weighted by Crippen LogP contribution is -2.36. The molecule has 0 radical (unpaired) electrons. The number of nitrogens with zero attached hydrogens (tertiary/aromatic N) is 1. The second kappa shape index (κ2) is 10.3. The molecule has 3 aromatic rings. The maximum absolute atomic E-state index is 12.2. The molecule has 0 unspecified atom stereocenters. The van der Waals surface area contributed by atoms with Gasteiger partial charge in [0.25, 0.3) is 11.1 Å². The first kappa shape index (κ1) is 22.0. The highest BCUT2D eigenvalue weighted by atomic mass is 35.5. The van der Waals surface area contributed by atoms with Crippen molar-refractivity contribution >= 4 is 33.5 Å². The van der Waals surface area contributed by atoms with E-state index in [1.807, 2.05) is 0 Å². The fraction of sp³-hybridized carbons (Fsp3) is 0.250. The SMILES string of the molecule is CCN(CC)Cc1ccc2cc(CNNC(=O)c3ccc(C(=O)Cl)cc3)ccc2c1. The summed E-state index contributed by atoms with van der Waals surface area (Å²) in [5.74, 6) is -0.273. The van der Waals surface area contributed by atoms with Crippen molar-refractivity contribution in [3.05, 3.63) is 82.9 Å². The Bertz CT molecular complexity index is 1030. The summed E-state index contributed by atoms with van der Waals surface area (Å²) in [6.07, 6.45) is 0. The van der Waals surface area contributed by atoms with Crippen molar-refractivity contribution in [1.82, 2.24) is 15.8 Å². The lowest BCUT2D eigenvalue weighted by molar-refractivity contribution is 0.0931. The van der Waals surface area contributed by atoms with E-state index in [1.54, 1.807) is 12.1 Å². The van der Waals surface area contributed by atoms with Crippen LogP contribution in [0.3, 0.4) is 0 Å². The van der Waals surface area contributed by atoms with Gasteiger partial charge in [-0.05, 0) is 83.0 Å². The van der Waals surface area contributed by atoms with Crippen LogP contribution in [0.25, 0.3) is 10.8 Å². The summed E-state index contributed by atoms with van der Waals surface area (Å²) < 4.78 is 0. The molecule has 3 rings (SSSR count). The minimum absolute atomic E-state index is 0.273. The number of carbonyl (C=O) groups excluding carboxylic acids is 2. The molecule has 0 aliphatic rings. The van der Waals surface area contributed by atoms with Gasteiger partial charge >= 0.3 is 0 Å². The van der Waals surface area contributed by atoms with Crippen LogP contribution in [0.4, 0.5) is 0 Å². The summed E-state index contributed by atoms with van der Waals surface area (Å²) in [6, 6.07) is 19.1. The Morgan fingerprint density at radius 2 is 1.40 bits per heavy atom. The highest BCUT2D eigenvalue weighted by molar-refractivity contribution is 6.67. The summed E-state index contributed by atoms with van der Waals surface area (Å²) in [6.45, 7) is 7.90. The van der Waals surface area contributed by atoms with Crippen molar-refractivity contribution in [3.63, 3.8) is 0 Å². The second-order valence-electron chi connectivity index (χ2n) is 7.14. The van der Waals surface area contributed by atoms with E-state index in [4.69, 9.17) is 11.6 Å². The minimum atomic E-state index is -0.545. The second-order valence-corrected chi connectivity index (χ2v) is 7.48. The molecule has 0 heterocycles. The van der Waals surface area contributed by atoms with Crippen LogP contribution in [0.15, 0.2) is 60.7 Å². The third kappa shape index (κ3) is 5.66. The molecule has 2 N–H and O–H groups in total. The minimum Gasteiger partial charge on any atom is -0.300 e. The number of hydrogen-bond acceptors (Lipinski definition) is 4. The van der Waals surface area contributed by atoms with Crippen molar-refractivity contribution in [2.75, 3.05) is 13.1 Å². The van der Waals surface area contributed by atoms with Gasteiger partial charge < -0.3 is 0 Å². The Morgan fingerprint density at radius 1 is 0.833 bits per heavy atom. The Kier molecular flexibility index (Phi) is 7.57. The number of benzene rings is 3. The molecule has 30 heavy (non-hydrogen) atoms. The number of rotatable bonds is 9. The average Bonchev–Trinajstić information content (AvgIpc) is 2.77. The Labute approximate surface area is 182 Å². The standard InChI is InChI=1S/C24H26ClN3O2/c1-3-28(4-2)16-18-6-8-21-13-17(5-7-22(21)14-18)15-26-27-24(30)20-11-9-19(10-12-20)23(25)29/h5-14,26H,3-4,15-16H2,1-2H3,(H,27,30). The zero-order chi connectivity index (χ0) is 21.5. The number of amides is 1. The molecule has 0 aliphatic heterocycles. The summed E-state index contributed by atoms with van der Waals surface area (Å²) in [5.41, 5.74) is 8.82. The number of halogens is 1. The van der Waals surface area contributed by atoms with E-state index < -0.39 is 5.24 Å². The van der Waals surface area contributed by atoms with E-state index in [9.17, 15) is 9.59 Å². The molecular weight excluding hydrogens is 398 g/mol. The molecule has 0 bridgehead atoms. The van der Waals surface area contributed by atoms with Gasteiger partial charge in [0.2, 0.25) is 0 Å². The monoisotopic (exact) mass is 423 g/mol. The first-order valence-electron chi connectivity index (χ1n) is 10.1. The van der Waals surface area contributed by atoms with E-state index in [0.29, 0.717) is 17.7 Å². The van der Waals surface area contributed by atoms with E-state index in [0.717, 1.165) is 25.2 Å². The van der Waals surface area contributed by atoms with Crippen LogP contribution in [0, 0.1) is 0 Å². The van der Waals surface area contributed by atoms with Crippen LogP contribution in [-0.2, 0) is 13.1 Å². The molecule has 0 atom stereocenters. The van der Waals surface area contributed by atoms with Crippen LogP contribution in [0.5, 0.6) is 0 Å². The van der Waals surface area contributed by atoms with Gasteiger partial charge in [-0.15, -0.1) is 0 Å². The molecule has 156 valence electrons. The van der Waals surface area contributed by atoms with Gasteiger partial charge in [-0.25, -0.2) is 5.43 Å². The Hall–Kier alpha value is -2.73. The predicted octanol–water partition coefficient (Wildman–Crippen LogP) is 4.50. The lowest BCUT2D eigenvalue weighted by Gasteiger charge is -2.18. The van der Waals surface area contributed by atoms with Crippen molar-refractivity contribution in [1.29, 1.82) is 0 Å². The number of hydrogen-bond donors (Lipinski definition) is 2. The van der Waals surface area contributed by atoms with Gasteiger partial charge in [-0.2, -0.15) is 0 Å². The van der Waals surface area contributed by atoms with Crippen molar-refractivity contribution in [2.24, 2.45) is 0 Å². The summed E-state index contributed by atoms with van der Waals surface area (Å²) >= 11 is 5.42. The summed E-state index contributed by atoms with van der Waals surface area (Å²) in [7, 11) is 0. The first-order chi connectivity index (χ1) is 14.5. The number of nitrogens with one attached hydrogen (secondary N) is 2. The maximum atomic E-state index is 12.2. The van der Waals surface area contributed by atoms with Gasteiger partial charge in [-0.1, -0.05) is 38.1 Å². The molecule has 3 aromatic carbocycles. The summed E-state index contributed by atoms with van der Waals surface area (Å²) in [5, 5.41) is 1.84. The molecule has 1 amide bonds. The summed E-state index contributed by atoms with van der Waals surface area (Å²) in [4.78, 5) is 25.7. The molecule has 0 saturated carbocycles. The molecule has 0 aliphatic carbocycles. The van der Waals surface area contributed by atoms with Gasteiger partial charge in [-0.3, -0.25) is 19.9 Å². The average molecular weight is 424 g/mol. The maximum Gasteiger partial charge on any atom is 0.265 e. The molecule has 5 nitrogen and oxygen atoms in total. The van der Waals surface area contributed by atoms with Crippen LogP contribution in [0.2, 0.25) is 0 Å². The van der Waals surface area contributed by atoms with Crippen molar-refractivity contribution in [2.45, 2.75) is 26.9 Å². The van der Waals surface area contributed by atoms with Gasteiger partial charge in [0.15, 0.2) is 0 Å². The Morgan fingerprint density at radius 3 is 2.00 bits per heavy atom. The molecule has 0 fully saturated rings. The predicted molar refractivity (Wildman–Crippen MR) is 122 cm³/mol. The fourth-order valence-electron chi connectivity index (χ4n) is 3.31. The van der Waals surface area contributed by atoms with E-state index in [-0.39, 0.29) is 5.91 Å². The Balaban J connectivity index is 1.58. The van der Waals surface area contributed by atoms with E-state index >= 15 is 0 Å². The fourth-order valence-corrected chi connectivity index (χ4v) is 3.44. The number of fused-ring (bicyclic) bond motifs is 1. The molecule has 0 aromatic heterocycles. The zero-order valence-corrected chi connectivity index (χ0v) is 18.0. The van der Waals surface area contributed by atoms with Crippen LogP contribution < -0.4 is 10.9 Å². The smallest absolute Gasteiger partial charge is 0.265 e. The van der Waals surface area contributed by atoms with Gasteiger partial charge in [0.1, 0.15) is 0 Å². The molecule has 0 saturated heterocycles. The first-order valence-corrected chi connectivity index (χ1v) is 10.4. The van der Waals surface area contributed by atoms with Crippen molar-refractivity contribution < 1.29 is 9.59 Å². The van der Waals surface area contributed by atoms with Crippen LogP contribution in [-0.4, -0.2) is 29.1 Å². The number of hydrazine groups is 1. The topological polar surface area (TPSA) is 61.4 Å². The molecular formula is C24H26ClN3O2. The quantitative estimate of drug-likeness (QED) is 0.393. The normalized spacial score (nSPS) is 11.1. The van der Waals surface area contributed by atoms with Crippen LogP contribution in [0.1, 0.15) is 45.7 Å². The highest BCUT2D eigenvalue weighted by Crippen LogP contribution is 2.19. The largest absolute Gasteiger partial charge is 0.300 e. The lowest BCUT2D eigenvalue weighted by atomic mass is 10.0. The third-order valence-electron chi connectivity index (χ3n) is 5.14. The highest BCUT2D eigenvalue weighted by Gasteiger charge is 2.07. The molecule has 0 spiro atoms. The van der Waals surface area contributed by atoms with Crippen molar-refractivity contribution in [3.8, 4) is 0 Å². The molecule has 6 heteroatoms. The number of carbonyl (C=O) groups is 2. The van der Waals surface area contributed by atoms with Crippen LogP contribution >= 0.6 is 11.6 Å². The van der Waals surface area contributed by atoms with Gasteiger partial charge in [0.05, 0.1) is 0 Å².